The second kappa shape index (κ2) is 7.47. The van der Waals surface area contributed by atoms with Crippen molar-refractivity contribution in [1.82, 2.24) is 5.32 Å². The number of aliphatic carboxylic acids is 1. The first-order valence-electron chi connectivity index (χ1n) is 7.19. The van der Waals surface area contributed by atoms with Crippen LogP contribution in [0.3, 0.4) is 0 Å². The predicted octanol–water partition coefficient (Wildman–Crippen LogP) is 0.653. The van der Waals surface area contributed by atoms with Crippen LogP contribution in [0.5, 0.6) is 0 Å². The number of hydrogen-bond donors (Lipinski definition) is 3. The van der Waals surface area contributed by atoms with Gasteiger partial charge in [0.25, 0.3) is 0 Å². The van der Waals surface area contributed by atoms with E-state index in [1.165, 1.54) is 6.08 Å². The number of carbonyl (C=O) groups excluding carboxylic acids is 2. The standard InChI is InChI=1S/C15H24N2O4/c1-15(2)8-12(18)10(13(19)9-15)5-7-17-11(14(20)21)4-3-6-16/h5,11,17H,3-4,6-9,16H2,1-2H3,(H,20,21)/t11-/m1/s1. The van der Waals surface area contributed by atoms with Crippen molar-refractivity contribution in [3.63, 3.8) is 0 Å². The van der Waals surface area contributed by atoms with E-state index in [-0.39, 0.29) is 29.1 Å². The van der Waals surface area contributed by atoms with Crippen molar-refractivity contribution >= 4 is 17.5 Å². The molecule has 6 heteroatoms. The summed E-state index contributed by atoms with van der Waals surface area (Å²) in [5.74, 6) is -1.27. The molecule has 0 amide bonds. The number of carbonyl (C=O) groups is 3. The minimum absolute atomic E-state index is 0.160. The number of ketones is 2. The van der Waals surface area contributed by atoms with Crippen LogP contribution >= 0.6 is 0 Å². The Morgan fingerprint density at radius 3 is 2.43 bits per heavy atom. The predicted molar refractivity (Wildman–Crippen MR) is 78.8 cm³/mol. The molecule has 1 saturated carbocycles. The number of carboxylic acid groups (broad SMARTS) is 1. The molecule has 0 spiro atoms. The Labute approximate surface area is 124 Å². The van der Waals surface area contributed by atoms with E-state index < -0.39 is 12.0 Å². The molecule has 0 aromatic carbocycles. The second-order valence-electron chi connectivity index (χ2n) is 6.21. The Bertz CT molecular complexity index is 433. The van der Waals surface area contributed by atoms with Gasteiger partial charge in [-0.05, 0) is 24.8 Å². The normalized spacial score (nSPS) is 19.5. The van der Waals surface area contributed by atoms with Crippen LogP contribution in [0.15, 0.2) is 11.6 Å². The lowest BCUT2D eigenvalue weighted by Gasteiger charge is -2.28. The van der Waals surface area contributed by atoms with Gasteiger partial charge in [0.05, 0.1) is 5.57 Å². The zero-order valence-corrected chi connectivity index (χ0v) is 12.6. The SMILES string of the molecule is CC1(C)CC(=O)C(=CCN[C@H](CCCN)C(=O)O)C(=O)C1. The largest absolute Gasteiger partial charge is 0.480 e. The molecule has 0 saturated heterocycles. The Balaban J connectivity index is 2.61. The fraction of sp³-hybridized carbons (Fsp3) is 0.667. The molecule has 1 aliphatic carbocycles. The molecule has 1 rings (SSSR count). The highest BCUT2D eigenvalue weighted by Crippen LogP contribution is 2.33. The van der Waals surface area contributed by atoms with Crippen LogP contribution in [0, 0.1) is 5.41 Å². The van der Waals surface area contributed by atoms with Gasteiger partial charge in [-0.3, -0.25) is 14.4 Å². The fourth-order valence-electron chi connectivity index (χ4n) is 2.44. The number of rotatable bonds is 7. The molecule has 0 unspecified atom stereocenters. The molecule has 1 fully saturated rings. The minimum atomic E-state index is -0.954. The topological polar surface area (TPSA) is 109 Å². The van der Waals surface area contributed by atoms with Gasteiger partial charge in [-0.2, -0.15) is 0 Å². The highest BCUT2D eigenvalue weighted by molar-refractivity contribution is 6.22. The van der Waals surface area contributed by atoms with Crippen LogP contribution in [0.4, 0.5) is 0 Å². The molecule has 0 heterocycles. The summed E-state index contributed by atoms with van der Waals surface area (Å²) in [6.45, 7) is 4.41. The van der Waals surface area contributed by atoms with Crippen molar-refractivity contribution in [3.8, 4) is 0 Å². The molecule has 1 atom stereocenters. The minimum Gasteiger partial charge on any atom is -0.480 e. The van der Waals surface area contributed by atoms with Gasteiger partial charge in [-0.1, -0.05) is 19.9 Å². The Morgan fingerprint density at radius 2 is 1.95 bits per heavy atom. The molecule has 0 aliphatic heterocycles. The van der Waals surface area contributed by atoms with E-state index in [0.29, 0.717) is 32.2 Å². The summed E-state index contributed by atoms with van der Waals surface area (Å²) in [5.41, 5.74) is 5.27. The summed E-state index contributed by atoms with van der Waals surface area (Å²) < 4.78 is 0. The first-order chi connectivity index (χ1) is 9.76. The van der Waals surface area contributed by atoms with E-state index in [2.05, 4.69) is 5.32 Å². The van der Waals surface area contributed by atoms with E-state index in [0.717, 1.165) is 0 Å². The number of hydrogen-bond acceptors (Lipinski definition) is 5. The molecule has 0 bridgehead atoms. The number of nitrogens with two attached hydrogens (primary N) is 1. The monoisotopic (exact) mass is 296 g/mol. The van der Waals surface area contributed by atoms with Crippen LogP contribution in [0.25, 0.3) is 0 Å². The van der Waals surface area contributed by atoms with E-state index >= 15 is 0 Å². The molecular formula is C15H24N2O4. The molecule has 6 nitrogen and oxygen atoms in total. The van der Waals surface area contributed by atoms with Crippen molar-refractivity contribution in [2.45, 2.75) is 45.6 Å². The van der Waals surface area contributed by atoms with Gasteiger partial charge in [-0.15, -0.1) is 0 Å². The van der Waals surface area contributed by atoms with Gasteiger partial charge in [-0.25, -0.2) is 0 Å². The Morgan fingerprint density at radius 1 is 1.38 bits per heavy atom. The lowest BCUT2D eigenvalue weighted by atomic mass is 9.74. The van der Waals surface area contributed by atoms with Crippen molar-refractivity contribution < 1.29 is 19.5 Å². The first kappa shape index (κ1) is 17.5. The van der Waals surface area contributed by atoms with Crippen molar-refractivity contribution in [2.75, 3.05) is 13.1 Å². The molecule has 21 heavy (non-hydrogen) atoms. The van der Waals surface area contributed by atoms with Gasteiger partial charge >= 0.3 is 5.97 Å². The highest BCUT2D eigenvalue weighted by Gasteiger charge is 2.35. The fourth-order valence-corrected chi connectivity index (χ4v) is 2.44. The Hall–Kier alpha value is -1.53. The maximum absolute atomic E-state index is 12.0. The number of Topliss-reactive ketones (excluding diaryl/α,β-unsaturated/α-hetero) is 2. The van der Waals surface area contributed by atoms with Crippen LogP contribution in [-0.4, -0.2) is 41.8 Å². The highest BCUT2D eigenvalue weighted by atomic mass is 16.4. The third-order valence-corrected chi connectivity index (χ3v) is 3.54. The summed E-state index contributed by atoms with van der Waals surface area (Å²) >= 11 is 0. The molecule has 0 radical (unpaired) electrons. The third kappa shape index (κ3) is 5.40. The summed E-state index contributed by atoms with van der Waals surface area (Å²) in [6.07, 6.45) is 3.23. The summed E-state index contributed by atoms with van der Waals surface area (Å²) in [4.78, 5) is 34.9. The number of carboxylic acids is 1. The van der Waals surface area contributed by atoms with Crippen molar-refractivity contribution in [1.29, 1.82) is 0 Å². The van der Waals surface area contributed by atoms with Crippen LogP contribution in [0.1, 0.15) is 39.5 Å². The molecule has 4 N–H and O–H groups in total. The molecule has 0 aromatic rings. The van der Waals surface area contributed by atoms with Gasteiger partial charge in [0.15, 0.2) is 11.6 Å². The quantitative estimate of drug-likeness (QED) is 0.470. The molecule has 1 aliphatic rings. The molecular weight excluding hydrogens is 272 g/mol. The average molecular weight is 296 g/mol. The average Bonchev–Trinajstić information content (AvgIpc) is 2.34. The zero-order valence-electron chi connectivity index (χ0n) is 12.6. The lowest BCUT2D eigenvalue weighted by Crippen LogP contribution is -2.38. The second-order valence-corrected chi connectivity index (χ2v) is 6.21. The maximum atomic E-state index is 12.0. The van der Waals surface area contributed by atoms with E-state index in [9.17, 15) is 14.4 Å². The van der Waals surface area contributed by atoms with Gasteiger partial charge in [0.2, 0.25) is 0 Å². The summed E-state index contributed by atoms with van der Waals surface area (Å²) in [7, 11) is 0. The third-order valence-electron chi connectivity index (χ3n) is 3.54. The van der Waals surface area contributed by atoms with Gasteiger partial charge in [0, 0.05) is 19.4 Å². The van der Waals surface area contributed by atoms with Crippen LogP contribution < -0.4 is 11.1 Å². The van der Waals surface area contributed by atoms with Gasteiger partial charge in [0.1, 0.15) is 6.04 Å². The number of nitrogens with one attached hydrogen (secondary N) is 1. The Kier molecular flexibility index (Phi) is 6.23. The van der Waals surface area contributed by atoms with Crippen LogP contribution in [-0.2, 0) is 14.4 Å². The van der Waals surface area contributed by atoms with Gasteiger partial charge < -0.3 is 16.2 Å². The van der Waals surface area contributed by atoms with Crippen LogP contribution in [0.2, 0.25) is 0 Å². The number of allylic oxidation sites excluding steroid dienone is 1. The zero-order chi connectivity index (χ0) is 16.0. The smallest absolute Gasteiger partial charge is 0.320 e. The van der Waals surface area contributed by atoms with E-state index in [1.807, 2.05) is 13.8 Å². The molecule has 0 aromatic heterocycles. The van der Waals surface area contributed by atoms with Crippen molar-refractivity contribution in [3.05, 3.63) is 11.6 Å². The van der Waals surface area contributed by atoms with E-state index in [4.69, 9.17) is 10.8 Å². The lowest BCUT2D eigenvalue weighted by molar-refractivity contribution is -0.139. The first-order valence-corrected chi connectivity index (χ1v) is 7.19. The summed E-state index contributed by atoms with van der Waals surface area (Å²) in [5, 5.41) is 11.9. The van der Waals surface area contributed by atoms with E-state index in [1.54, 1.807) is 0 Å². The van der Waals surface area contributed by atoms with Crippen molar-refractivity contribution in [2.24, 2.45) is 11.1 Å². The maximum Gasteiger partial charge on any atom is 0.320 e. The molecule has 118 valence electrons. The summed E-state index contributed by atoms with van der Waals surface area (Å²) in [6, 6.07) is -0.712.